The fraction of sp³-hybridized carbons (Fsp3) is 0.429. The fourth-order valence-corrected chi connectivity index (χ4v) is 4.42. The molecule has 1 fully saturated rings. The Hall–Kier alpha value is -2.99. The van der Waals surface area contributed by atoms with Crippen molar-refractivity contribution in [2.45, 2.75) is 52.0 Å². The van der Waals surface area contributed by atoms with E-state index in [-0.39, 0.29) is 11.3 Å². The molecule has 0 aliphatic carbocycles. The lowest BCUT2D eigenvalue weighted by Gasteiger charge is -2.27. The topological polar surface area (TPSA) is 60.9 Å². The second-order valence-corrected chi connectivity index (χ2v) is 8.81. The molecular weight excluding hydrogens is 431 g/mol. The van der Waals surface area contributed by atoms with Gasteiger partial charge in [0.1, 0.15) is 11.6 Å². The van der Waals surface area contributed by atoms with Crippen molar-refractivity contribution >= 4 is 17.4 Å². The summed E-state index contributed by atoms with van der Waals surface area (Å²) in [6.07, 6.45) is 5.27. The molecule has 1 aliphatic rings. The highest BCUT2D eigenvalue weighted by molar-refractivity contribution is 6.46. The molecule has 34 heavy (non-hydrogen) atoms. The Morgan fingerprint density at radius 2 is 1.50 bits per heavy atom. The molecule has 1 unspecified atom stereocenters. The maximum absolute atomic E-state index is 13.4. The molecule has 3 rings (SSSR count). The largest absolute Gasteiger partial charge is 0.507 e. The molecule has 0 radical (unpaired) electrons. The zero-order valence-electron chi connectivity index (χ0n) is 20.2. The monoisotopic (exact) mass is 466 g/mol. The number of aliphatic hydroxyl groups excluding tert-OH is 1. The third-order valence-electron chi connectivity index (χ3n) is 6.30. The van der Waals surface area contributed by atoms with Gasteiger partial charge in [-0.05, 0) is 68.7 Å². The molecule has 2 aromatic rings. The van der Waals surface area contributed by atoms with E-state index in [2.05, 4.69) is 18.7 Å². The Labute approximate surface area is 201 Å². The number of benzene rings is 2. The minimum atomic E-state index is -0.704. The van der Waals surface area contributed by atoms with Gasteiger partial charge in [-0.25, -0.2) is 4.39 Å². The smallest absolute Gasteiger partial charge is 0.295 e. The lowest BCUT2D eigenvalue weighted by molar-refractivity contribution is -0.140. The zero-order valence-corrected chi connectivity index (χ0v) is 20.2. The molecule has 0 saturated carbocycles. The summed E-state index contributed by atoms with van der Waals surface area (Å²) in [4.78, 5) is 30.1. The third kappa shape index (κ3) is 6.11. The standard InChI is InChI=1S/C28H35FN2O3/c1-3-5-17-30(18-6-4-2)19-10-20-31-25(21-11-8-7-9-12-21)24(27(33)28(31)34)26(32)22-13-15-23(29)16-14-22/h7-9,11-16,25,32H,3-6,10,17-20H2,1-2H3. The van der Waals surface area contributed by atoms with E-state index in [1.807, 2.05) is 30.3 Å². The first-order valence-corrected chi connectivity index (χ1v) is 12.3. The van der Waals surface area contributed by atoms with Crippen molar-refractivity contribution in [3.8, 4) is 0 Å². The van der Waals surface area contributed by atoms with Gasteiger partial charge in [0.15, 0.2) is 0 Å². The summed E-state index contributed by atoms with van der Waals surface area (Å²) in [6, 6.07) is 13.9. The van der Waals surface area contributed by atoms with Crippen LogP contribution in [0.25, 0.3) is 5.76 Å². The lowest BCUT2D eigenvalue weighted by Crippen LogP contribution is -2.34. The van der Waals surface area contributed by atoms with Crippen LogP contribution in [-0.2, 0) is 9.59 Å². The summed E-state index contributed by atoms with van der Waals surface area (Å²) in [5, 5.41) is 11.0. The SMILES string of the molecule is CCCCN(CCCC)CCCN1C(=O)C(=O)C(=C(O)c2ccc(F)cc2)C1c1ccccc1. The van der Waals surface area contributed by atoms with Crippen molar-refractivity contribution in [3.05, 3.63) is 77.1 Å². The van der Waals surface area contributed by atoms with Gasteiger partial charge in [-0.2, -0.15) is 0 Å². The predicted octanol–water partition coefficient (Wildman–Crippen LogP) is 5.54. The van der Waals surface area contributed by atoms with Crippen LogP contribution in [0.3, 0.4) is 0 Å². The maximum atomic E-state index is 13.4. The highest BCUT2D eigenvalue weighted by Crippen LogP contribution is 2.39. The number of amides is 1. The second kappa shape index (κ2) is 12.5. The van der Waals surface area contributed by atoms with E-state index < -0.39 is 23.5 Å². The van der Waals surface area contributed by atoms with Crippen LogP contribution < -0.4 is 0 Å². The van der Waals surface area contributed by atoms with Gasteiger partial charge in [-0.15, -0.1) is 0 Å². The molecule has 182 valence electrons. The molecule has 1 N–H and O–H groups in total. The lowest BCUT2D eigenvalue weighted by atomic mass is 9.95. The predicted molar refractivity (Wildman–Crippen MR) is 133 cm³/mol. The van der Waals surface area contributed by atoms with Crippen molar-refractivity contribution in [1.29, 1.82) is 0 Å². The van der Waals surface area contributed by atoms with Gasteiger partial charge >= 0.3 is 0 Å². The molecule has 5 nitrogen and oxygen atoms in total. The fourth-order valence-electron chi connectivity index (χ4n) is 4.42. The molecule has 1 aliphatic heterocycles. The van der Waals surface area contributed by atoms with Crippen molar-refractivity contribution in [2.75, 3.05) is 26.2 Å². The van der Waals surface area contributed by atoms with Crippen LogP contribution in [0.4, 0.5) is 4.39 Å². The summed E-state index contributed by atoms with van der Waals surface area (Å²) >= 11 is 0. The average Bonchev–Trinajstić information content (AvgIpc) is 3.11. The number of Topliss-reactive ketones (excluding diaryl/α,β-unsaturated/α-hetero) is 1. The molecular formula is C28H35FN2O3. The van der Waals surface area contributed by atoms with Crippen LogP contribution in [0.2, 0.25) is 0 Å². The Morgan fingerprint density at radius 1 is 0.912 bits per heavy atom. The van der Waals surface area contributed by atoms with Gasteiger partial charge in [-0.1, -0.05) is 57.0 Å². The number of ketones is 1. The van der Waals surface area contributed by atoms with E-state index in [0.717, 1.165) is 57.3 Å². The first kappa shape index (κ1) is 25.6. The number of hydrogen-bond acceptors (Lipinski definition) is 4. The number of unbranched alkanes of at least 4 members (excludes halogenated alkanes) is 2. The molecule has 1 heterocycles. The van der Waals surface area contributed by atoms with Crippen molar-refractivity contribution in [2.24, 2.45) is 0 Å². The second-order valence-electron chi connectivity index (χ2n) is 8.81. The highest BCUT2D eigenvalue weighted by atomic mass is 19.1. The van der Waals surface area contributed by atoms with E-state index >= 15 is 0 Å². The van der Waals surface area contributed by atoms with Crippen molar-refractivity contribution in [3.63, 3.8) is 0 Å². The number of nitrogens with zero attached hydrogens (tertiary/aromatic N) is 2. The van der Waals surface area contributed by atoms with Gasteiger partial charge < -0.3 is 14.9 Å². The molecule has 2 aromatic carbocycles. The van der Waals surface area contributed by atoms with Gasteiger partial charge in [0.2, 0.25) is 0 Å². The van der Waals surface area contributed by atoms with Crippen LogP contribution >= 0.6 is 0 Å². The van der Waals surface area contributed by atoms with E-state index in [9.17, 15) is 19.1 Å². The van der Waals surface area contributed by atoms with Crippen LogP contribution in [0.5, 0.6) is 0 Å². The van der Waals surface area contributed by atoms with Crippen molar-refractivity contribution in [1.82, 2.24) is 9.80 Å². The minimum Gasteiger partial charge on any atom is -0.507 e. The number of likely N-dealkylation sites (tertiary alicyclic amines) is 1. The molecule has 6 heteroatoms. The summed E-state index contributed by atoms with van der Waals surface area (Å²) < 4.78 is 13.4. The highest BCUT2D eigenvalue weighted by Gasteiger charge is 2.45. The van der Waals surface area contributed by atoms with E-state index in [0.29, 0.717) is 12.1 Å². The molecule has 0 spiro atoms. The van der Waals surface area contributed by atoms with Gasteiger partial charge in [0.25, 0.3) is 11.7 Å². The van der Waals surface area contributed by atoms with Gasteiger partial charge in [0, 0.05) is 12.1 Å². The Morgan fingerprint density at radius 3 is 2.09 bits per heavy atom. The summed E-state index contributed by atoms with van der Waals surface area (Å²) in [7, 11) is 0. The summed E-state index contributed by atoms with van der Waals surface area (Å²) in [6.45, 7) is 7.68. The normalized spacial score (nSPS) is 17.6. The first-order chi connectivity index (χ1) is 16.5. The number of hydrogen-bond donors (Lipinski definition) is 1. The van der Waals surface area contributed by atoms with E-state index in [1.165, 1.54) is 24.3 Å². The molecule has 0 aromatic heterocycles. The number of aliphatic hydroxyl groups is 1. The third-order valence-corrected chi connectivity index (χ3v) is 6.30. The molecule has 0 bridgehead atoms. The van der Waals surface area contributed by atoms with E-state index in [1.54, 1.807) is 4.90 Å². The number of rotatable bonds is 12. The minimum absolute atomic E-state index is 0.0524. The molecule has 1 amide bonds. The van der Waals surface area contributed by atoms with Crippen LogP contribution in [-0.4, -0.2) is 52.8 Å². The Bertz CT molecular complexity index is 980. The Balaban J connectivity index is 1.87. The van der Waals surface area contributed by atoms with Gasteiger partial charge in [-0.3, -0.25) is 9.59 Å². The first-order valence-electron chi connectivity index (χ1n) is 12.3. The van der Waals surface area contributed by atoms with Gasteiger partial charge in [0.05, 0.1) is 11.6 Å². The number of halogens is 1. The maximum Gasteiger partial charge on any atom is 0.295 e. The van der Waals surface area contributed by atoms with E-state index in [4.69, 9.17) is 0 Å². The molecule has 1 saturated heterocycles. The summed E-state index contributed by atoms with van der Waals surface area (Å²) in [5.41, 5.74) is 1.13. The average molecular weight is 467 g/mol. The quantitative estimate of drug-likeness (QED) is 0.253. The Kier molecular flexibility index (Phi) is 9.40. The molecule has 1 atom stereocenters. The zero-order chi connectivity index (χ0) is 24.5. The number of carbonyl (C=O) groups excluding carboxylic acids is 2. The van der Waals surface area contributed by atoms with Crippen LogP contribution in [0, 0.1) is 5.82 Å². The summed E-state index contributed by atoms with van der Waals surface area (Å²) in [5.74, 6) is -2.02. The number of carbonyl (C=O) groups is 2. The van der Waals surface area contributed by atoms with Crippen molar-refractivity contribution < 1.29 is 19.1 Å². The van der Waals surface area contributed by atoms with Crippen LogP contribution in [0.1, 0.15) is 63.1 Å². The van der Waals surface area contributed by atoms with Crippen LogP contribution in [0.15, 0.2) is 60.2 Å².